The average Bonchev–Trinajstić information content (AvgIpc) is 3.12. The second-order valence-electron chi connectivity index (χ2n) is 6.45. The molecule has 0 aliphatic rings. The van der Waals surface area contributed by atoms with Gasteiger partial charge in [-0.2, -0.15) is 0 Å². The first-order valence-electron chi connectivity index (χ1n) is 8.83. The summed E-state index contributed by atoms with van der Waals surface area (Å²) in [5.74, 6) is 0.690. The van der Waals surface area contributed by atoms with Gasteiger partial charge in [-0.1, -0.05) is 54.1 Å². The fourth-order valence-electron chi connectivity index (χ4n) is 3.16. The van der Waals surface area contributed by atoms with Crippen molar-refractivity contribution in [1.82, 2.24) is 9.55 Å². The molecule has 0 amide bonds. The van der Waals surface area contributed by atoms with Crippen molar-refractivity contribution in [2.75, 3.05) is 13.7 Å². The highest BCUT2D eigenvalue weighted by molar-refractivity contribution is 7.21. The molecule has 4 aromatic rings. The number of fused-ring (bicyclic) bond motifs is 1. The van der Waals surface area contributed by atoms with Crippen LogP contribution in [0.25, 0.3) is 32.0 Å². The van der Waals surface area contributed by atoms with Gasteiger partial charge in [0.05, 0.1) is 18.5 Å². The molecule has 0 fully saturated rings. The Balaban J connectivity index is 1.94. The van der Waals surface area contributed by atoms with Gasteiger partial charge >= 0.3 is 0 Å². The Morgan fingerprint density at radius 3 is 2.56 bits per heavy atom. The third kappa shape index (κ3) is 3.44. The number of benzene rings is 2. The van der Waals surface area contributed by atoms with Gasteiger partial charge in [0.25, 0.3) is 5.56 Å². The second-order valence-corrected chi connectivity index (χ2v) is 7.48. The van der Waals surface area contributed by atoms with Crippen molar-refractivity contribution >= 4 is 21.6 Å². The van der Waals surface area contributed by atoms with Gasteiger partial charge in [0.15, 0.2) is 0 Å². The van der Waals surface area contributed by atoms with Crippen molar-refractivity contribution in [3.8, 4) is 21.8 Å². The highest BCUT2D eigenvalue weighted by Crippen LogP contribution is 2.32. The van der Waals surface area contributed by atoms with Crippen molar-refractivity contribution in [1.29, 1.82) is 0 Å². The van der Waals surface area contributed by atoms with Crippen LogP contribution in [-0.2, 0) is 11.3 Å². The van der Waals surface area contributed by atoms with Gasteiger partial charge in [0.2, 0.25) is 0 Å². The number of hydrogen-bond donors (Lipinski definition) is 0. The molecule has 0 bridgehead atoms. The summed E-state index contributed by atoms with van der Waals surface area (Å²) >= 11 is 1.55. The van der Waals surface area contributed by atoms with Gasteiger partial charge in [0, 0.05) is 17.6 Å². The van der Waals surface area contributed by atoms with Crippen molar-refractivity contribution in [2.24, 2.45) is 0 Å². The normalized spacial score (nSPS) is 11.2. The van der Waals surface area contributed by atoms with Crippen LogP contribution in [0.2, 0.25) is 0 Å². The van der Waals surface area contributed by atoms with Crippen molar-refractivity contribution in [2.45, 2.75) is 13.5 Å². The number of rotatable bonds is 5. The van der Waals surface area contributed by atoms with Gasteiger partial charge < -0.3 is 4.74 Å². The van der Waals surface area contributed by atoms with Gasteiger partial charge in [-0.15, -0.1) is 11.3 Å². The van der Waals surface area contributed by atoms with Gasteiger partial charge in [0.1, 0.15) is 10.7 Å². The topological polar surface area (TPSA) is 44.1 Å². The highest BCUT2D eigenvalue weighted by Gasteiger charge is 2.16. The zero-order valence-corrected chi connectivity index (χ0v) is 16.1. The lowest BCUT2D eigenvalue weighted by Crippen LogP contribution is -2.24. The van der Waals surface area contributed by atoms with Crippen LogP contribution in [0.3, 0.4) is 0 Å². The summed E-state index contributed by atoms with van der Waals surface area (Å²) in [6.07, 6.45) is 0. The monoisotopic (exact) mass is 376 g/mol. The molecule has 136 valence electrons. The minimum absolute atomic E-state index is 0.0213. The zero-order chi connectivity index (χ0) is 18.8. The molecule has 0 aliphatic heterocycles. The Labute approximate surface area is 161 Å². The van der Waals surface area contributed by atoms with E-state index in [0.29, 0.717) is 24.4 Å². The smallest absolute Gasteiger partial charge is 0.262 e. The Morgan fingerprint density at radius 2 is 1.81 bits per heavy atom. The molecular formula is C22H20N2O2S. The first-order valence-corrected chi connectivity index (χ1v) is 9.65. The summed E-state index contributed by atoms with van der Waals surface area (Å²) in [7, 11) is 1.64. The summed E-state index contributed by atoms with van der Waals surface area (Å²) in [4.78, 5) is 19.9. The Bertz CT molecular complexity index is 1150. The molecule has 4 rings (SSSR count). The van der Waals surface area contributed by atoms with E-state index in [-0.39, 0.29) is 5.56 Å². The lowest BCUT2D eigenvalue weighted by atomic mass is 10.1. The zero-order valence-electron chi connectivity index (χ0n) is 15.3. The van der Waals surface area contributed by atoms with Crippen molar-refractivity contribution < 1.29 is 4.74 Å². The summed E-state index contributed by atoms with van der Waals surface area (Å²) in [6.45, 7) is 2.97. The van der Waals surface area contributed by atoms with Gasteiger partial charge in [-0.25, -0.2) is 4.98 Å². The molecule has 0 unspecified atom stereocenters. The number of methoxy groups -OCH3 is 1. The van der Waals surface area contributed by atoms with E-state index in [1.807, 2.05) is 49.4 Å². The number of hydrogen-bond acceptors (Lipinski definition) is 4. The molecule has 0 N–H and O–H groups in total. The molecule has 5 heteroatoms. The van der Waals surface area contributed by atoms with E-state index in [1.54, 1.807) is 23.0 Å². The van der Waals surface area contributed by atoms with Crippen LogP contribution < -0.4 is 5.56 Å². The summed E-state index contributed by atoms with van der Waals surface area (Å²) in [6, 6.07) is 20.1. The Morgan fingerprint density at radius 1 is 1.04 bits per heavy atom. The number of ether oxygens (including phenoxy) is 1. The van der Waals surface area contributed by atoms with Crippen LogP contribution in [0.4, 0.5) is 0 Å². The number of thiophene rings is 1. The molecule has 2 aromatic heterocycles. The van der Waals surface area contributed by atoms with Crippen LogP contribution in [0, 0.1) is 6.92 Å². The third-order valence-corrected chi connectivity index (χ3v) is 5.58. The second kappa shape index (κ2) is 7.47. The molecule has 2 aromatic carbocycles. The highest BCUT2D eigenvalue weighted by atomic mass is 32.1. The molecule has 2 heterocycles. The van der Waals surface area contributed by atoms with Crippen LogP contribution >= 0.6 is 11.3 Å². The van der Waals surface area contributed by atoms with Crippen molar-refractivity contribution in [3.05, 3.63) is 76.6 Å². The molecule has 27 heavy (non-hydrogen) atoms. The van der Waals surface area contributed by atoms with Crippen molar-refractivity contribution in [3.63, 3.8) is 0 Å². The predicted molar refractivity (Wildman–Crippen MR) is 111 cm³/mol. The minimum atomic E-state index is -0.0213. The fourth-order valence-corrected chi connectivity index (χ4v) is 4.18. The summed E-state index contributed by atoms with van der Waals surface area (Å²) < 4.78 is 6.94. The van der Waals surface area contributed by atoms with Crippen LogP contribution in [0.5, 0.6) is 0 Å². The van der Waals surface area contributed by atoms with Gasteiger partial charge in [-0.3, -0.25) is 9.36 Å². The van der Waals surface area contributed by atoms with E-state index in [9.17, 15) is 4.79 Å². The van der Waals surface area contributed by atoms with Gasteiger partial charge in [-0.05, 0) is 24.6 Å². The van der Waals surface area contributed by atoms with Crippen LogP contribution in [-0.4, -0.2) is 23.3 Å². The minimum Gasteiger partial charge on any atom is -0.383 e. The molecule has 0 saturated carbocycles. The molecule has 0 aliphatic carbocycles. The third-order valence-electron chi connectivity index (χ3n) is 4.50. The maximum Gasteiger partial charge on any atom is 0.262 e. The number of nitrogens with zero attached hydrogens (tertiary/aromatic N) is 2. The predicted octanol–water partition coefficient (Wildman–Crippen LogP) is 4.75. The van der Waals surface area contributed by atoms with Crippen LogP contribution in [0.15, 0.2) is 65.5 Å². The van der Waals surface area contributed by atoms with E-state index >= 15 is 0 Å². The Hall–Kier alpha value is -2.76. The molecular weight excluding hydrogens is 356 g/mol. The quantitative estimate of drug-likeness (QED) is 0.505. The molecule has 0 radical (unpaired) electrons. The lowest BCUT2D eigenvalue weighted by molar-refractivity contribution is 0.186. The fraction of sp³-hybridized carbons (Fsp3) is 0.182. The summed E-state index contributed by atoms with van der Waals surface area (Å²) in [5.41, 5.74) is 3.16. The largest absolute Gasteiger partial charge is 0.383 e. The SMILES string of the molecule is COCCn1c(-c2cccc(C)c2)nc2sc(-c3ccccc3)cc2c1=O. The number of aromatic nitrogens is 2. The maximum absolute atomic E-state index is 13.2. The maximum atomic E-state index is 13.2. The van der Waals surface area contributed by atoms with E-state index in [1.165, 1.54) is 0 Å². The first-order chi connectivity index (χ1) is 13.2. The first kappa shape index (κ1) is 17.6. The molecule has 0 atom stereocenters. The molecule has 4 nitrogen and oxygen atoms in total. The van der Waals surface area contributed by atoms with E-state index in [2.05, 4.69) is 18.2 Å². The Kier molecular flexibility index (Phi) is 4.88. The standard InChI is InChI=1S/C22H20N2O2S/c1-15-7-6-10-17(13-15)20-23-21-18(22(25)24(20)11-12-26-2)14-19(27-21)16-8-4-3-5-9-16/h3-10,13-14H,11-12H2,1-2H3. The number of aryl methyl sites for hydroxylation is 1. The van der Waals surface area contributed by atoms with E-state index in [0.717, 1.165) is 26.4 Å². The van der Waals surface area contributed by atoms with E-state index < -0.39 is 0 Å². The molecule has 0 saturated heterocycles. The van der Waals surface area contributed by atoms with Crippen LogP contribution in [0.1, 0.15) is 5.56 Å². The molecule has 0 spiro atoms. The van der Waals surface area contributed by atoms with E-state index in [4.69, 9.17) is 9.72 Å². The lowest BCUT2D eigenvalue weighted by Gasteiger charge is -2.12. The summed E-state index contributed by atoms with van der Waals surface area (Å²) in [5, 5.41) is 0.659. The average molecular weight is 376 g/mol.